The molecular formula is C18H21N3. The first-order valence-electron chi connectivity index (χ1n) is 7.72. The second kappa shape index (κ2) is 4.85. The smallest absolute Gasteiger partial charge is 0.0680 e. The monoisotopic (exact) mass is 279 g/mol. The van der Waals surface area contributed by atoms with Gasteiger partial charge in [0.2, 0.25) is 0 Å². The molecule has 3 heterocycles. The quantitative estimate of drug-likeness (QED) is 0.739. The molecule has 2 aromatic rings. The first-order valence-corrected chi connectivity index (χ1v) is 7.72. The fraction of sp³-hybridized carbons (Fsp3) is 0.389. The van der Waals surface area contributed by atoms with Crippen molar-refractivity contribution >= 4 is 5.69 Å². The van der Waals surface area contributed by atoms with E-state index in [1.165, 1.54) is 22.5 Å². The lowest BCUT2D eigenvalue weighted by Gasteiger charge is -2.46. The minimum absolute atomic E-state index is 0.431. The predicted molar refractivity (Wildman–Crippen MR) is 85.7 cm³/mol. The van der Waals surface area contributed by atoms with Crippen molar-refractivity contribution in [1.29, 1.82) is 0 Å². The van der Waals surface area contributed by atoms with Crippen LogP contribution in [0.1, 0.15) is 29.8 Å². The molecule has 3 nitrogen and oxygen atoms in total. The maximum absolute atomic E-state index is 4.67. The summed E-state index contributed by atoms with van der Waals surface area (Å²) in [5, 5.41) is 0. The van der Waals surface area contributed by atoms with E-state index in [2.05, 4.69) is 65.2 Å². The van der Waals surface area contributed by atoms with Crippen molar-refractivity contribution in [2.75, 3.05) is 25.0 Å². The number of nitrogens with zero attached hydrogens (tertiary/aromatic N) is 3. The lowest BCUT2D eigenvalue weighted by molar-refractivity contribution is 0.234. The molecule has 1 saturated heterocycles. The van der Waals surface area contributed by atoms with E-state index < -0.39 is 0 Å². The van der Waals surface area contributed by atoms with Crippen LogP contribution in [0.5, 0.6) is 0 Å². The fourth-order valence-electron chi connectivity index (χ4n) is 3.96. The maximum atomic E-state index is 4.67. The third-order valence-corrected chi connectivity index (χ3v) is 4.79. The van der Waals surface area contributed by atoms with Gasteiger partial charge in [0.15, 0.2) is 0 Å². The topological polar surface area (TPSA) is 19.4 Å². The Morgan fingerprint density at radius 2 is 1.95 bits per heavy atom. The van der Waals surface area contributed by atoms with E-state index in [-0.39, 0.29) is 0 Å². The minimum atomic E-state index is 0.431. The minimum Gasteiger partial charge on any atom is -0.358 e. The summed E-state index contributed by atoms with van der Waals surface area (Å²) in [5.74, 6) is 0. The van der Waals surface area contributed by atoms with Gasteiger partial charge in [-0.2, -0.15) is 0 Å². The zero-order valence-electron chi connectivity index (χ0n) is 12.7. The average Bonchev–Trinajstić information content (AvgIpc) is 2.61. The number of hydrogen-bond acceptors (Lipinski definition) is 3. The van der Waals surface area contributed by atoms with E-state index in [9.17, 15) is 0 Å². The summed E-state index contributed by atoms with van der Waals surface area (Å²) < 4.78 is 0. The number of pyridine rings is 1. The molecule has 0 radical (unpaired) electrons. The van der Waals surface area contributed by atoms with E-state index in [0.29, 0.717) is 12.1 Å². The number of rotatable bonds is 0. The van der Waals surface area contributed by atoms with E-state index in [1.54, 1.807) is 0 Å². The van der Waals surface area contributed by atoms with Crippen LogP contribution in [-0.2, 0) is 6.42 Å². The maximum Gasteiger partial charge on any atom is 0.0680 e. The van der Waals surface area contributed by atoms with Gasteiger partial charge < -0.3 is 9.80 Å². The predicted octanol–water partition coefficient (Wildman–Crippen LogP) is 2.87. The van der Waals surface area contributed by atoms with Crippen LogP contribution in [0.25, 0.3) is 0 Å². The zero-order chi connectivity index (χ0) is 14.4. The molecule has 2 aliphatic rings. The van der Waals surface area contributed by atoms with Gasteiger partial charge in [-0.25, -0.2) is 0 Å². The Kier molecular flexibility index (Phi) is 2.96. The van der Waals surface area contributed by atoms with Crippen LogP contribution in [0.3, 0.4) is 0 Å². The Morgan fingerprint density at radius 3 is 2.86 bits per heavy atom. The van der Waals surface area contributed by atoms with Crippen LogP contribution in [-0.4, -0.2) is 36.1 Å². The Labute approximate surface area is 126 Å². The van der Waals surface area contributed by atoms with Gasteiger partial charge in [-0.3, -0.25) is 4.98 Å². The molecule has 2 aliphatic heterocycles. The molecule has 21 heavy (non-hydrogen) atoms. The van der Waals surface area contributed by atoms with Gasteiger partial charge in [-0.15, -0.1) is 0 Å². The van der Waals surface area contributed by atoms with Crippen LogP contribution in [0, 0.1) is 0 Å². The Morgan fingerprint density at radius 1 is 1.10 bits per heavy atom. The first-order chi connectivity index (χ1) is 10.2. The van der Waals surface area contributed by atoms with Crippen LogP contribution in [0.4, 0.5) is 5.69 Å². The van der Waals surface area contributed by atoms with Gasteiger partial charge in [-0.05, 0) is 37.2 Å². The van der Waals surface area contributed by atoms with E-state index >= 15 is 0 Å². The Hall–Kier alpha value is -1.87. The highest BCUT2D eigenvalue weighted by Gasteiger charge is 2.36. The van der Waals surface area contributed by atoms with Gasteiger partial charge in [0.25, 0.3) is 0 Å². The summed E-state index contributed by atoms with van der Waals surface area (Å²) >= 11 is 0. The van der Waals surface area contributed by atoms with Gasteiger partial charge in [0.1, 0.15) is 0 Å². The molecule has 1 aromatic heterocycles. The van der Waals surface area contributed by atoms with Crippen molar-refractivity contribution in [3.05, 3.63) is 59.4 Å². The standard InChI is InChI=1S/C18H21N3/c1-13-11-20(2)12-18-15-7-4-3-6-14(15)10-16-17(21(13)18)8-5-9-19-16/h3-9,13,18H,10-12H2,1-2H3. The third-order valence-electron chi connectivity index (χ3n) is 4.79. The molecule has 1 aromatic carbocycles. The number of anilines is 1. The van der Waals surface area contributed by atoms with E-state index in [4.69, 9.17) is 0 Å². The van der Waals surface area contributed by atoms with Crippen molar-refractivity contribution in [1.82, 2.24) is 9.88 Å². The number of fused-ring (bicyclic) bond motifs is 5. The van der Waals surface area contributed by atoms with Crippen LogP contribution < -0.4 is 4.90 Å². The second-order valence-corrected chi connectivity index (χ2v) is 6.34. The van der Waals surface area contributed by atoms with Crippen LogP contribution >= 0.6 is 0 Å². The second-order valence-electron chi connectivity index (χ2n) is 6.34. The molecule has 1 fully saturated rings. The summed E-state index contributed by atoms with van der Waals surface area (Å²) in [6, 6.07) is 14.1. The van der Waals surface area contributed by atoms with Gasteiger partial charge in [0, 0.05) is 31.7 Å². The molecule has 2 atom stereocenters. The zero-order valence-corrected chi connectivity index (χ0v) is 12.7. The number of piperazine rings is 1. The summed E-state index contributed by atoms with van der Waals surface area (Å²) in [5.41, 5.74) is 5.42. The normalized spacial score (nSPS) is 24.8. The molecule has 0 N–H and O–H groups in total. The summed E-state index contributed by atoms with van der Waals surface area (Å²) in [6.07, 6.45) is 2.86. The largest absolute Gasteiger partial charge is 0.358 e. The first kappa shape index (κ1) is 12.8. The summed E-state index contributed by atoms with van der Waals surface area (Å²) in [4.78, 5) is 9.71. The number of benzene rings is 1. The third kappa shape index (κ3) is 2.04. The highest BCUT2D eigenvalue weighted by molar-refractivity contribution is 5.59. The molecule has 4 rings (SSSR count). The SMILES string of the molecule is CC1CN(C)CC2c3ccccc3Cc3ncccc3N12. The highest BCUT2D eigenvalue weighted by atomic mass is 15.3. The number of aromatic nitrogens is 1. The fourth-order valence-corrected chi connectivity index (χ4v) is 3.96. The molecule has 0 bridgehead atoms. The molecule has 0 amide bonds. The molecule has 2 unspecified atom stereocenters. The Bertz CT molecular complexity index is 667. The number of hydrogen-bond donors (Lipinski definition) is 0. The van der Waals surface area contributed by atoms with Crippen LogP contribution in [0.15, 0.2) is 42.6 Å². The van der Waals surface area contributed by atoms with E-state index in [0.717, 1.165) is 19.5 Å². The van der Waals surface area contributed by atoms with Crippen molar-refractivity contribution in [2.24, 2.45) is 0 Å². The Balaban J connectivity index is 1.93. The molecule has 3 heteroatoms. The van der Waals surface area contributed by atoms with Crippen molar-refractivity contribution in [3.8, 4) is 0 Å². The number of likely N-dealkylation sites (N-methyl/N-ethyl adjacent to an activating group) is 1. The molecule has 108 valence electrons. The highest BCUT2D eigenvalue weighted by Crippen LogP contribution is 2.39. The lowest BCUT2D eigenvalue weighted by atomic mass is 9.95. The average molecular weight is 279 g/mol. The van der Waals surface area contributed by atoms with Gasteiger partial charge in [0.05, 0.1) is 17.4 Å². The molecule has 0 spiro atoms. The molecule has 0 saturated carbocycles. The van der Waals surface area contributed by atoms with Crippen molar-refractivity contribution in [2.45, 2.75) is 25.4 Å². The van der Waals surface area contributed by atoms with E-state index in [1.807, 2.05) is 6.20 Å². The van der Waals surface area contributed by atoms with Crippen LogP contribution in [0.2, 0.25) is 0 Å². The van der Waals surface area contributed by atoms with Gasteiger partial charge in [-0.1, -0.05) is 24.3 Å². The molecular weight excluding hydrogens is 258 g/mol. The lowest BCUT2D eigenvalue weighted by Crippen LogP contribution is -2.52. The van der Waals surface area contributed by atoms with Crippen molar-refractivity contribution < 1.29 is 0 Å². The summed E-state index contributed by atoms with van der Waals surface area (Å²) in [6.45, 7) is 4.51. The summed E-state index contributed by atoms with van der Waals surface area (Å²) in [7, 11) is 2.23. The molecule has 0 aliphatic carbocycles. The van der Waals surface area contributed by atoms with Gasteiger partial charge >= 0.3 is 0 Å². The van der Waals surface area contributed by atoms with Crippen molar-refractivity contribution in [3.63, 3.8) is 0 Å².